The number of carbonyl (C=O) groups excluding carboxylic acids is 4. The average molecular weight is 383 g/mol. The largest absolute Gasteiger partial charge is 0.452 e. The molecule has 10 heteroatoms. The smallest absolute Gasteiger partial charge is 0.324 e. The molecule has 4 N–H and O–H groups in total. The van der Waals surface area contributed by atoms with Crippen molar-refractivity contribution in [3.05, 3.63) is 34.9 Å². The van der Waals surface area contributed by atoms with Crippen molar-refractivity contribution in [1.82, 2.24) is 15.5 Å². The van der Waals surface area contributed by atoms with Crippen LogP contribution in [0.25, 0.3) is 0 Å². The highest BCUT2D eigenvalue weighted by atomic mass is 35.5. The zero-order valence-electron chi connectivity index (χ0n) is 14.0. The van der Waals surface area contributed by atoms with E-state index in [1.807, 2.05) is 0 Å². The Morgan fingerprint density at radius 3 is 2.54 bits per heavy atom. The van der Waals surface area contributed by atoms with Crippen LogP contribution in [0.15, 0.2) is 24.3 Å². The SMILES string of the molecule is C[C@@H](OC(=O)C[C@H](NC(N)=O)c1ccc(Cl)cc1)C(=O)N1CCNC1=O. The molecule has 2 rings (SSSR count). The number of nitrogens with one attached hydrogen (secondary N) is 2. The summed E-state index contributed by atoms with van der Waals surface area (Å²) >= 11 is 5.83. The number of halogens is 1. The van der Waals surface area contributed by atoms with E-state index < -0.39 is 36.1 Å². The predicted molar refractivity (Wildman–Crippen MR) is 92.2 cm³/mol. The second-order valence-electron chi connectivity index (χ2n) is 5.67. The Kier molecular flexibility index (Phi) is 6.40. The first-order valence-electron chi connectivity index (χ1n) is 7.88. The van der Waals surface area contributed by atoms with Gasteiger partial charge in [0.2, 0.25) is 0 Å². The van der Waals surface area contributed by atoms with E-state index in [-0.39, 0.29) is 13.0 Å². The topological polar surface area (TPSA) is 131 Å². The van der Waals surface area contributed by atoms with Crippen molar-refractivity contribution in [2.75, 3.05) is 13.1 Å². The van der Waals surface area contributed by atoms with Crippen molar-refractivity contribution in [3.63, 3.8) is 0 Å². The minimum Gasteiger partial charge on any atom is -0.452 e. The molecule has 1 heterocycles. The van der Waals surface area contributed by atoms with Gasteiger partial charge in [0.05, 0.1) is 12.5 Å². The van der Waals surface area contributed by atoms with E-state index in [1.54, 1.807) is 24.3 Å². The molecule has 1 aromatic carbocycles. The van der Waals surface area contributed by atoms with Crippen LogP contribution >= 0.6 is 11.6 Å². The van der Waals surface area contributed by atoms with Crippen LogP contribution in [-0.2, 0) is 14.3 Å². The van der Waals surface area contributed by atoms with Gasteiger partial charge < -0.3 is 21.1 Å². The molecule has 0 radical (unpaired) electrons. The number of carbonyl (C=O) groups is 4. The van der Waals surface area contributed by atoms with Gasteiger partial charge in [-0.05, 0) is 24.6 Å². The van der Waals surface area contributed by atoms with Crippen LogP contribution in [0, 0.1) is 0 Å². The Hall–Kier alpha value is -2.81. The van der Waals surface area contributed by atoms with Gasteiger partial charge in [0.25, 0.3) is 5.91 Å². The Morgan fingerprint density at radius 2 is 2.00 bits per heavy atom. The Labute approximate surface area is 154 Å². The number of primary amides is 1. The maximum absolute atomic E-state index is 12.2. The number of urea groups is 2. The van der Waals surface area contributed by atoms with Crippen molar-refractivity contribution < 1.29 is 23.9 Å². The lowest BCUT2D eigenvalue weighted by Gasteiger charge is -2.21. The molecule has 9 nitrogen and oxygen atoms in total. The van der Waals surface area contributed by atoms with E-state index in [4.69, 9.17) is 22.1 Å². The number of imide groups is 1. The summed E-state index contributed by atoms with van der Waals surface area (Å²) < 4.78 is 5.10. The Balaban J connectivity index is 1.99. The molecule has 0 aliphatic carbocycles. The van der Waals surface area contributed by atoms with Gasteiger partial charge >= 0.3 is 18.0 Å². The number of nitrogens with zero attached hydrogens (tertiary/aromatic N) is 1. The summed E-state index contributed by atoms with van der Waals surface area (Å²) in [5.74, 6) is -1.33. The molecule has 5 amide bonds. The van der Waals surface area contributed by atoms with Gasteiger partial charge in [-0.15, -0.1) is 0 Å². The molecule has 140 valence electrons. The summed E-state index contributed by atoms with van der Waals surface area (Å²) in [7, 11) is 0. The highest BCUT2D eigenvalue weighted by molar-refractivity contribution is 6.30. The zero-order chi connectivity index (χ0) is 19.3. The fraction of sp³-hybridized carbons (Fsp3) is 0.375. The highest BCUT2D eigenvalue weighted by Gasteiger charge is 2.32. The maximum atomic E-state index is 12.2. The summed E-state index contributed by atoms with van der Waals surface area (Å²) in [5, 5.41) is 5.44. The molecule has 0 bridgehead atoms. The first kappa shape index (κ1) is 19.5. The summed E-state index contributed by atoms with van der Waals surface area (Å²) in [6.07, 6.45) is -1.38. The quantitative estimate of drug-likeness (QED) is 0.630. The second-order valence-corrected chi connectivity index (χ2v) is 6.11. The van der Waals surface area contributed by atoms with Gasteiger partial charge in [0, 0.05) is 18.1 Å². The van der Waals surface area contributed by atoms with Gasteiger partial charge in [-0.25, -0.2) is 9.59 Å². The van der Waals surface area contributed by atoms with E-state index in [1.165, 1.54) is 6.92 Å². The van der Waals surface area contributed by atoms with Gasteiger partial charge in [-0.3, -0.25) is 14.5 Å². The number of nitrogens with two attached hydrogens (primary N) is 1. The van der Waals surface area contributed by atoms with Gasteiger partial charge in [-0.2, -0.15) is 0 Å². The molecule has 1 saturated heterocycles. The number of esters is 1. The number of amides is 5. The molecule has 0 aromatic heterocycles. The molecule has 1 aromatic rings. The van der Waals surface area contributed by atoms with Crippen LogP contribution in [0.5, 0.6) is 0 Å². The molecule has 0 saturated carbocycles. The lowest BCUT2D eigenvalue weighted by atomic mass is 10.0. The van der Waals surface area contributed by atoms with Crippen molar-refractivity contribution >= 4 is 35.5 Å². The first-order valence-corrected chi connectivity index (χ1v) is 8.26. The number of benzene rings is 1. The van der Waals surface area contributed by atoms with E-state index in [0.29, 0.717) is 17.1 Å². The Bertz CT molecular complexity index is 709. The highest BCUT2D eigenvalue weighted by Crippen LogP contribution is 2.20. The third kappa shape index (κ3) is 5.09. The summed E-state index contributed by atoms with van der Waals surface area (Å²) in [6, 6.07) is 4.42. The second kappa shape index (κ2) is 8.52. The van der Waals surface area contributed by atoms with Crippen molar-refractivity contribution in [1.29, 1.82) is 0 Å². The third-order valence-corrected chi connectivity index (χ3v) is 3.99. The molecule has 1 aliphatic heterocycles. The third-order valence-electron chi connectivity index (χ3n) is 3.74. The predicted octanol–water partition coefficient (Wildman–Crippen LogP) is 0.923. The van der Waals surface area contributed by atoms with Crippen molar-refractivity contribution in [3.8, 4) is 0 Å². The lowest BCUT2D eigenvalue weighted by molar-refractivity contribution is -0.157. The first-order chi connectivity index (χ1) is 12.3. The molecule has 26 heavy (non-hydrogen) atoms. The molecule has 1 fully saturated rings. The fourth-order valence-electron chi connectivity index (χ4n) is 2.48. The normalized spacial score (nSPS) is 15.8. The van der Waals surface area contributed by atoms with E-state index in [9.17, 15) is 19.2 Å². The molecular weight excluding hydrogens is 364 g/mol. The van der Waals surface area contributed by atoms with Crippen LogP contribution in [0.3, 0.4) is 0 Å². The standard InChI is InChI=1S/C16H19ClN4O5/c1-9(14(23)21-7-6-19-16(21)25)26-13(22)8-12(20-15(18)24)10-2-4-11(17)5-3-10/h2-5,9,12H,6-8H2,1H3,(H,19,25)(H3,18,20,24)/t9-,12+/m1/s1. The summed E-state index contributed by atoms with van der Waals surface area (Å²) in [5.41, 5.74) is 5.75. The van der Waals surface area contributed by atoms with E-state index >= 15 is 0 Å². The fourth-order valence-corrected chi connectivity index (χ4v) is 2.61. The molecule has 2 atom stereocenters. The van der Waals surface area contributed by atoms with E-state index in [2.05, 4.69) is 10.6 Å². The lowest BCUT2D eigenvalue weighted by Crippen LogP contribution is -2.42. The van der Waals surface area contributed by atoms with Gasteiger partial charge in [0.15, 0.2) is 6.10 Å². The van der Waals surface area contributed by atoms with Crippen molar-refractivity contribution in [2.45, 2.75) is 25.5 Å². The van der Waals surface area contributed by atoms with Gasteiger partial charge in [0.1, 0.15) is 0 Å². The van der Waals surface area contributed by atoms with Gasteiger partial charge in [-0.1, -0.05) is 23.7 Å². The Morgan fingerprint density at radius 1 is 1.35 bits per heavy atom. The number of rotatable bonds is 6. The molecular formula is C16H19ClN4O5. The number of hydrogen-bond donors (Lipinski definition) is 3. The van der Waals surface area contributed by atoms with Crippen LogP contribution in [0.1, 0.15) is 24.9 Å². The summed E-state index contributed by atoms with van der Waals surface area (Å²) in [4.78, 5) is 48.0. The van der Waals surface area contributed by atoms with E-state index in [0.717, 1.165) is 4.90 Å². The molecule has 0 unspecified atom stereocenters. The van der Waals surface area contributed by atoms with Crippen LogP contribution < -0.4 is 16.4 Å². The zero-order valence-corrected chi connectivity index (χ0v) is 14.8. The van der Waals surface area contributed by atoms with Crippen LogP contribution in [0.2, 0.25) is 5.02 Å². The van der Waals surface area contributed by atoms with Crippen molar-refractivity contribution in [2.24, 2.45) is 5.73 Å². The average Bonchev–Trinajstić information content (AvgIpc) is 2.99. The maximum Gasteiger partial charge on any atom is 0.324 e. The molecule has 1 aliphatic rings. The minimum atomic E-state index is -1.13. The molecule has 0 spiro atoms. The minimum absolute atomic E-state index is 0.218. The monoisotopic (exact) mass is 382 g/mol. The van der Waals surface area contributed by atoms with Crippen LogP contribution in [-0.4, -0.2) is 48.0 Å². The summed E-state index contributed by atoms with van der Waals surface area (Å²) in [6.45, 7) is 1.95. The number of hydrogen-bond acceptors (Lipinski definition) is 5. The number of ether oxygens (including phenoxy) is 1. The van der Waals surface area contributed by atoms with Crippen LogP contribution in [0.4, 0.5) is 9.59 Å².